The second kappa shape index (κ2) is 4.26. The van der Waals surface area contributed by atoms with Crippen molar-refractivity contribution in [3.8, 4) is 0 Å². The molecule has 1 aliphatic carbocycles. The Labute approximate surface area is 88.8 Å². The highest BCUT2D eigenvalue weighted by Crippen LogP contribution is 2.29. The van der Waals surface area contributed by atoms with Crippen LogP contribution in [0, 0.1) is 0 Å². The lowest BCUT2D eigenvalue weighted by Gasteiger charge is -2.07. The Balaban J connectivity index is 2.41. The highest BCUT2D eigenvalue weighted by Gasteiger charge is 2.16. The SMILES string of the molecule is COC(=O)c1ccncc1C1=CCCC1. The van der Waals surface area contributed by atoms with Gasteiger partial charge in [0.15, 0.2) is 0 Å². The Kier molecular flexibility index (Phi) is 2.81. The van der Waals surface area contributed by atoms with Gasteiger partial charge in [-0.05, 0) is 30.9 Å². The van der Waals surface area contributed by atoms with Gasteiger partial charge in [-0.2, -0.15) is 0 Å². The molecule has 0 N–H and O–H groups in total. The number of rotatable bonds is 2. The van der Waals surface area contributed by atoms with Gasteiger partial charge in [-0.1, -0.05) is 6.08 Å². The summed E-state index contributed by atoms with van der Waals surface area (Å²) in [4.78, 5) is 15.6. The maximum Gasteiger partial charge on any atom is 0.338 e. The van der Waals surface area contributed by atoms with Crippen molar-refractivity contribution < 1.29 is 9.53 Å². The lowest BCUT2D eigenvalue weighted by Crippen LogP contribution is -2.05. The summed E-state index contributed by atoms with van der Waals surface area (Å²) in [6, 6.07) is 1.71. The molecule has 0 atom stereocenters. The number of ether oxygens (including phenoxy) is 1. The minimum absolute atomic E-state index is 0.291. The van der Waals surface area contributed by atoms with E-state index in [0.717, 1.165) is 24.8 Å². The van der Waals surface area contributed by atoms with Crippen LogP contribution in [0.4, 0.5) is 0 Å². The monoisotopic (exact) mass is 203 g/mol. The van der Waals surface area contributed by atoms with Crippen LogP contribution in [0.15, 0.2) is 24.5 Å². The molecule has 0 aromatic carbocycles. The van der Waals surface area contributed by atoms with E-state index < -0.39 is 0 Å². The summed E-state index contributed by atoms with van der Waals surface area (Å²) in [5.74, 6) is -0.291. The van der Waals surface area contributed by atoms with E-state index in [-0.39, 0.29) is 5.97 Å². The van der Waals surface area contributed by atoms with E-state index in [1.165, 1.54) is 12.7 Å². The van der Waals surface area contributed by atoms with Gasteiger partial charge < -0.3 is 4.74 Å². The van der Waals surface area contributed by atoms with Crippen LogP contribution in [-0.4, -0.2) is 18.1 Å². The van der Waals surface area contributed by atoms with Crippen molar-refractivity contribution in [1.29, 1.82) is 0 Å². The van der Waals surface area contributed by atoms with Crippen LogP contribution in [0.25, 0.3) is 5.57 Å². The fourth-order valence-corrected chi connectivity index (χ4v) is 1.85. The zero-order valence-corrected chi connectivity index (χ0v) is 8.69. The Hall–Kier alpha value is -1.64. The van der Waals surface area contributed by atoms with Crippen LogP contribution in [0.5, 0.6) is 0 Å². The summed E-state index contributed by atoms with van der Waals surface area (Å²) in [6.07, 6.45) is 8.80. The van der Waals surface area contributed by atoms with Crippen molar-refractivity contribution in [1.82, 2.24) is 4.98 Å². The van der Waals surface area contributed by atoms with Crippen LogP contribution < -0.4 is 0 Å². The minimum atomic E-state index is -0.291. The molecule has 1 aliphatic rings. The second-order valence-electron chi connectivity index (χ2n) is 3.53. The van der Waals surface area contributed by atoms with Gasteiger partial charge in [-0.15, -0.1) is 0 Å². The number of hydrogen-bond acceptors (Lipinski definition) is 3. The zero-order chi connectivity index (χ0) is 10.7. The third-order valence-corrected chi connectivity index (χ3v) is 2.61. The van der Waals surface area contributed by atoms with E-state index in [2.05, 4.69) is 11.1 Å². The number of methoxy groups -OCH3 is 1. The number of aromatic nitrogens is 1. The van der Waals surface area contributed by atoms with Crippen LogP contribution in [0.2, 0.25) is 0 Å². The first-order valence-corrected chi connectivity index (χ1v) is 5.04. The van der Waals surface area contributed by atoms with E-state index in [1.54, 1.807) is 18.5 Å². The fourth-order valence-electron chi connectivity index (χ4n) is 1.85. The van der Waals surface area contributed by atoms with Gasteiger partial charge in [0, 0.05) is 18.0 Å². The normalized spacial score (nSPS) is 14.9. The number of esters is 1. The molecule has 15 heavy (non-hydrogen) atoms. The molecule has 3 nitrogen and oxygen atoms in total. The number of allylic oxidation sites excluding steroid dienone is 2. The molecule has 0 amide bonds. The Morgan fingerprint density at radius 2 is 2.40 bits per heavy atom. The van der Waals surface area contributed by atoms with Crippen LogP contribution in [0.1, 0.15) is 35.2 Å². The van der Waals surface area contributed by atoms with Gasteiger partial charge >= 0.3 is 5.97 Å². The van der Waals surface area contributed by atoms with Crippen molar-refractivity contribution in [2.24, 2.45) is 0 Å². The van der Waals surface area contributed by atoms with E-state index in [9.17, 15) is 4.79 Å². The smallest absolute Gasteiger partial charge is 0.338 e. The van der Waals surface area contributed by atoms with Gasteiger partial charge in [0.2, 0.25) is 0 Å². The molecule has 3 heteroatoms. The third-order valence-electron chi connectivity index (χ3n) is 2.61. The second-order valence-corrected chi connectivity index (χ2v) is 3.53. The molecule has 1 aromatic heterocycles. The lowest BCUT2D eigenvalue weighted by atomic mass is 10.0. The maximum atomic E-state index is 11.5. The van der Waals surface area contributed by atoms with Gasteiger partial charge in [0.25, 0.3) is 0 Å². The summed E-state index contributed by atoms with van der Waals surface area (Å²) in [5.41, 5.74) is 2.74. The Morgan fingerprint density at radius 1 is 1.53 bits per heavy atom. The standard InChI is InChI=1S/C12H13NO2/c1-15-12(14)10-6-7-13-8-11(10)9-4-2-3-5-9/h4,6-8H,2-3,5H2,1H3. The molecule has 0 fully saturated rings. The predicted molar refractivity (Wildman–Crippen MR) is 57.4 cm³/mol. The molecule has 0 saturated heterocycles. The first kappa shape index (κ1) is 9.90. The van der Waals surface area contributed by atoms with Gasteiger partial charge in [0.05, 0.1) is 12.7 Å². The summed E-state index contributed by atoms with van der Waals surface area (Å²) in [6.45, 7) is 0. The van der Waals surface area contributed by atoms with Crippen LogP contribution >= 0.6 is 0 Å². The Morgan fingerprint density at radius 3 is 3.07 bits per heavy atom. The largest absolute Gasteiger partial charge is 0.465 e. The number of nitrogens with zero attached hydrogens (tertiary/aromatic N) is 1. The van der Waals surface area contributed by atoms with E-state index in [0.29, 0.717) is 5.56 Å². The van der Waals surface area contributed by atoms with Crippen molar-refractivity contribution in [3.05, 3.63) is 35.7 Å². The van der Waals surface area contributed by atoms with Crippen molar-refractivity contribution in [2.75, 3.05) is 7.11 Å². The first-order chi connectivity index (χ1) is 7.33. The quantitative estimate of drug-likeness (QED) is 0.693. The number of carbonyl (C=O) groups is 1. The molecular formula is C12H13NO2. The van der Waals surface area contributed by atoms with E-state index in [1.807, 2.05) is 0 Å². The van der Waals surface area contributed by atoms with Crippen LogP contribution in [0.3, 0.4) is 0 Å². The first-order valence-electron chi connectivity index (χ1n) is 5.04. The van der Waals surface area contributed by atoms with E-state index >= 15 is 0 Å². The molecule has 0 unspecified atom stereocenters. The minimum Gasteiger partial charge on any atom is -0.465 e. The van der Waals surface area contributed by atoms with Gasteiger partial charge in [-0.25, -0.2) is 4.79 Å². The number of hydrogen-bond donors (Lipinski definition) is 0. The van der Waals surface area contributed by atoms with Gasteiger partial charge in [-0.3, -0.25) is 4.98 Å². The number of carbonyl (C=O) groups excluding carboxylic acids is 1. The van der Waals surface area contributed by atoms with Crippen molar-refractivity contribution in [2.45, 2.75) is 19.3 Å². The van der Waals surface area contributed by atoms with Crippen molar-refractivity contribution in [3.63, 3.8) is 0 Å². The van der Waals surface area contributed by atoms with E-state index in [4.69, 9.17) is 4.74 Å². The molecule has 0 spiro atoms. The Bertz CT molecular complexity index is 410. The fraction of sp³-hybridized carbons (Fsp3) is 0.333. The summed E-state index contributed by atoms with van der Waals surface area (Å²) in [7, 11) is 1.40. The predicted octanol–water partition coefficient (Wildman–Crippen LogP) is 2.44. The van der Waals surface area contributed by atoms with Crippen molar-refractivity contribution >= 4 is 11.5 Å². The molecule has 2 rings (SSSR count). The third kappa shape index (κ3) is 1.91. The summed E-state index contributed by atoms with van der Waals surface area (Å²) in [5, 5.41) is 0. The topological polar surface area (TPSA) is 39.2 Å². The molecule has 0 radical (unpaired) electrons. The summed E-state index contributed by atoms with van der Waals surface area (Å²) >= 11 is 0. The van der Waals surface area contributed by atoms with Gasteiger partial charge in [0.1, 0.15) is 0 Å². The molecule has 78 valence electrons. The van der Waals surface area contributed by atoms with Crippen LogP contribution in [-0.2, 0) is 4.74 Å². The molecule has 1 heterocycles. The lowest BCUT2D eigenvalue weighted by molar-refractivity contribution is 0.0600. The molecular weight excluding hydrogens is 190 g/mol. The average molecular weight is 203 g/mol. The molecule has 1 aromatic rings. The molecule has 0 bridgehead atoms. The molecule has 0 saturated carbocycles. The maximum absolute atomic E-state index is 11.5. The average Bonchev–Trinajstić information content (AvgIpc) is 2.81. The highest BCUT2D eigenvalue weighted by atomic mass is 16.5. The summed E-state index contributed by atoms with van der Waals surface area (Å²) < 4.78 is 4.74. The number of pyridine rings is 1. The molecule has 0 aliphatic heterocycles. The zero-order valence-electron chi connectivity index (χ0n) is 8.69. The highest BCUT2D eigenvalue weighted by molar-refractivity contribution is 5.95.